The lowest BCUT2D eigenvalue weighted by atomic mass is 9.96. The van der Waals surface area contributed by atoms with Crippen LogP contribution >= 0.6 is 0 Å². The van der Waals surface area contributed by atoms with Gasteiger partial charge < -0.3 is 89.9 Å². The summed E-state index contributed by atoms with van der Waals surface area (Å²) >= 11 is 0. The number of hydrogen-bond donors (Lipinski definition) is 12. The highest BCUT2D eigenvalue weighted by molar-refractivity contribution is 5.76. The summed E-state index contributed by atoms with van der Waals surface area (Å²) in [6, 6.07) is -0.985. The molecule has 92 heavy (non-hydrogen) atoms. The van der Waals surface area contributed by atoms with Gasteiger partial charge in [-0.25, -0.2) is 0 Å². The number of unbranched alkanes of at least 4 members (excludes halogenated alkanes) is 41. The second kappa shape index (κ2) is 55.2. The lowest BCUT2D eigenvalue weighted by Gasteiger charge is -2.48. The van der Waals surface area contributed by atoms with E-state index in [0.29, 0.717) is 12.8 Å². The molecule has 0 aliphatic carbocycles. The molecule has 0 aromatic rings. The van der Waals surface area contributed by atoms with Gasteiger partial charge in [0.1, 0.15) is 73.2 Å². The Balaban J connectivity index is 1.29. The number of nitrogens with one attached hydrogen (secondary N) is 1. The van der Waals surface area contributed by atoms with Gasteiger partial charge in [0.05, 0.1) is 38.6 Å². The fraction of sp³-hybridized carbons (Fsp3) is 0.932. The zero-order valence-electron chi connectivity index (χ0n) is 57.5. The molecule has 0 radical (unpaired) electrons. The predicted molar refractivity (Wildman–Crippen MR) is 360 cm³/mol. The van der Waals surface area contributed by atoms with Crippen LogP contribution in [-0.2, 0) is 33.2 Å². The van der Waals surface area contributed by atoms with Crippen molar-refractivity contribution in [1.29, 1.82) is 0 Å². The predicted octanol–water partition coefficient (Wildman–Crippen LogP) is 11.0. The number of aliphatic hydroxyl groups excluding tert-OH is 11. The zero-order valence-corrected chi connectivity index (χ0v) is 57.5. The Morgan fingerprint density at radius 1 is 0.380 bits per heavy atom. The van der Waals surface area contributed by atoms with E-state index in [1.807, 2.05) is 6.08 Å². The van der Waals surface area contributed by atoms with Crippen LogP contribution in [-0.4, -0.2) is 193 Å². The summed E-state index contributed by atoms with van der Waals surface area (Å²) < 4.78 is 34.3. The number of ether oxygens (including phenoxy) is 6. The van der Waals surface area contributed by atoms with Gasteiger partial charge in [-0.1, -0.05) is 289 Å². The third-order valence-electron chi connectivity index (χ3n) is 19.0. The van der Waals surface area contributed by atoms with Crippen LogP contribution < -0.4 is 5.32 Å². The van der Waals surface area contributed by atoms with Crippen LogP contribution in [0.15, 0.2) is 24.3 Å². The molecule has 0 aromatic carbocycles. The van der Waals surface area contributed by atoms with Crippen LogP contribution in [0.1, 0.15) is 303 Å². The molecule has 3 fully saturated rings. The summed E-state index contributed by atoms with van der Waals surface area (Å²) in [7, 11) is 0. The topological polar surface area (TPSA) is 307 Å². The average molecular weight is 1320 g/mol. The second-order valence-electron chi connectivity index (χ2n) is 27.1. The van der Waals surface area contributed by atoms with E-state index in [1.165, 1.54) is 231 Å². The van der Waals surface area contributed by atoms with Crippen molar-refractivity contribution in [3.05, 3.63) is 24.3 Å². The van der Waals surface area contributed by atoms with Gasteiger partial charge in [0.2, 0.25) is 5.91 Å². The molecule has 3 heterocycles. The maximum Gasteiger partial charge on any atom is 0.220 e. The number of carbonyl (C=O) groups is 1. The molecule has 3 saturated heterocycles. The second-order valence-corrected chi connectivity index (χ2v) is 27.1. The van der Waals surface area contributed by atoms with Gasteiger partial charge in [0.25, 0.3) is 0 Å². The Bertz CT molecular complexity index is 1760. The standard InChI is InChI=1S/C73H137NO18/c1-3-5-7-9-11-13-15-16-17-18-19-20-21-22-23-24-25-26-27-28-29-30-31-32-33-34-35-36-37-38-39-41-43-45-47-49-51-61(79)74-56(57(78)50-48-46-44-42-40-14-12-10-8-6-4-2)55-87-71-67(85)64(82)69(59(53-76)89-71)92-73-68(86)65(83)70(60(54-77)90-73)91-72-66(84)63(81)62(80)58(52-75)88-72/h40,42,48,50,56-60,62-73,75-78,80-86H,3-39,41,43-47,49,51-55H2,1-2H3,(H,74,79)/b42-40+,50-48+. The summed E-state index contributed by atoms with van der Waals surface area (Å²) in [6.45, 7) is 1.71. The van der Waals surface area contributed by atoms with Crippen molar-refractivity contribution in [2.45, 2.75) is 407 Å². The van der Waals surface area contributed by atoms with Gasteiger partial charge >= 0.3 is 0 Å². The first-order valence-corrected chi connectivity index (χ1v) is 37.6. The Kier molecular flexibility index (Phi) is 50.7. The molecule has 3 rings (SSSR count). The number of hydrogen-bond acceptors (Lipinski definition) is 18. The molecule has 0 aromatic heterocycles. The molecule has 12 N–H and O–H groups in total. The molecule has 19 heteroatoms. The molecule has 1 amide bonds. The van der Waals surface area contributed by atoms with Crippen molar-refractivity contribution in [2.24, 2.45) is 0 Å². The first-order valence-electron chi connectivity index (χ1n) is 37.6. The van der Waals surface area contributed by atoms with Gasteiger partial charge in [-0.2, -0.15) is 0 Å². The smallest absolute Gasteiger partial charge is 0.220 e. The molecule has 3 aliphatic heterocycles. The van der Waals surface area contributed by atoms with Crippen molar-refractivity contribution in [1.82, 2.24) is 5.32 Å². The molecule has 542 valence electrons. The normalized spacial score (nSPS) is 27.8. The molecule has 17 atom stereocenters. The maximum absolute atomic E-state index is 13.4. The van der Waals surface area contributed by atoms with E-state index in [2.05, 4.69) is 31.3 Å². The number of allylic oxidation sites excluding steroid dienone is 3. The number of rotatable bonds is 59. The van der Waals surface area contributed by atoms with Crippen molar-refractivity contribution < 1.29 is 89.4 Å². The lowest BCUT2D eigenvalue weighted by molar-refractivity contribution is -0.379. The van der Waals surface area contributed by atoms with Gasteiger partial charge in [0.15, 0.2) is 18.9 Å². The first-order chi connectivity index (χ1) is 44.8. The Morgan fingerprint density at radius 3 is 1.09 bits per heavy atom. The van der Waals surface area contributed by atoms with Crippen LogP contribution in [0.5, 0.6) is 0 Å². The highest BCUT2D eigenvalue weighted by Crippen LogP contribution is 2.33. The van der Waals surface area contributed by atoms with Crippen molar-refractivity contribution in [2.75, 3.05) is 26.4 Å². The third kappa shape index (κ3) is 36.2. The molecule has 0 spiro atoms. The fourth-order valence-electron chi connectivity index (χ4n) is 12.9. The zero-order chi connectivity index (χ0) is 66.8. The minimum Gasteiger partial charge on any atom is -0.394 e. The van der Waals surface area contributed by atoms with Gasteiger partial charge in [-0.05, 0) is 32.1 Å². The van der Waals surface area contributed by atoms with Gasteiger partial charge in [0, 0.05) is 6.42 Å². The van der Waals surface area contributed by atoms with Gasteiger partial charge in [-0.15, -0.1) is 0 Å². The van der Waals surface area contributed by atoms with Crippen LogP contribution in [0.2, 0.25) is 0 Å². The van der Waals surface area contributed by atoms with Crippen LogP contribution in [0, 0.1) is 0 Å². The summed E-state index contributed by atoms with van der Waals surface area (Å²) in [4.78, 5) is 13.4. The quantitative estimate of drug-likeness (QED) is 0.0199. The summed E-state index contributed by atoms with van der Waals surface area (Å²) in [5.41, 5.74) is 0. The summed E-state index contributed by atoms with van der Waals surface area (Å²) in [5.74, 6) is -0.281. The molecular formula is C73H137NO18. The van der Waals surface area contributed by atoms with E-state index >= 15 is 0 Å². The summed E-state index contributed by atoms with van der Waals surface area (Å²) in [5, 5.41) is 120. The number of carbonyl (C=O) groups excluding carboxylic acids is 1. The highest BCUT2D eigenvalue weighted by atomic mass is 16.8. The number of amides is 1. The monoisotopic (exact) mass is 1320 g/mol. The molecular weight excluding hydrogens is 1180 g/mol. The Morgan fingerprint density at radius 2 is 0.696 bits per heavy atom. The van der Waals surface area contributed by atoms with Crippen LogP contribution in [0.4, 0.5) is 0 Å². The minimum absolute atomic E-state index is 0.240. The Labute approximate surface area is 556 Å². The maximum atomic E-state index is 13.4. The molecule has 17 unspecified atom stereocenters. The molecule has 3 aliphatic rings. The van der Waals surface area contributed by atoms with Gasteiger partial charge in [-0.3, -0.25) is 4.79 Å². The lowest BCUT2D eigenvalue weighted by Crippen LogP contribution is -2.66. The first kappa shape index (κ1) is 84.5. The van der Waals surface area contributed by atoms with E-state index < -0.39 is 124 Å². The largest absolute Gasteiger partial charge is 0.394 e. The Hall–Kier alpha value is -1.73. The highest BCUT2D eigenvalue weighted by Gasteiger charge is 2.53. The molecule has 0 saturated carbocycles. The van der Waals surface area contributed by atoms with E-state index in [9.17, 15) is 61.0 Å². The third-order valence-corrected chi connectivity index (χ3v) is 19.0. The van der Waals surface area contributed by atoms with Crippen LogP contribution in [0.25, 0.3) is 0 Å². The SMILES string of the molecule is CCCCCCC/C=C/CC/C=C/C(O)C(COC1OC(CO)C(OC2OC(CO)C(OC3OC(CO)C(O)C(O)C3O)C(O)C2O)C(O)C1O)NC(=O)CCCCCCCCCCCCCCCCCCCCCCCCCCCCCCCCCCCCCC. The summed E-state index contributed by atoms with van der Waals surface area (Å²) in [6.07, 6.45) is 37.9. The molecule has 0 bridgehead atoms. The van der Waals surface area contributed by atoms with Crippen molar-refractivity contribution >= 4 is 5.91 Å². The average Bonchev–Trinajstić information content (AvgIpc) is 0.876. The van der Waals surface area contributed by atoms with E-state index in [0.717, 1.165) is 38.5 Å². The van der Waals surface area contributed by atoms with Crippen molar-refractivity contribution in [3.8, 4) is 0 Å². The van der Waals surface area contributed by atoms with Crippen LogP contribution in [0.3, 0.4) is 0 Å². The minimum atomic E-state index is -1.98. The van der Waals surface area contributed by atoms with Crippen molar-refractivity contribution in [3.63, 3.8) is 0 Å². The molecule has 19 nitrogen and oxygen atoms in total. The van der Waals surface area contributed by atoms with E-state index in [-0.39, 0.29) is 18.9 Å². The van der Waals surface area contributed by atoms with E-state index in [1.54, 1.807) is 6.08 Å². The fourth-order valence-corrected chi connectivity index (χ4v) is 12.9. The number of aliphatic hydroxyl groups is 11. The van der Waals surface area contributed by atoms with E-state index in [4.69, 9.17) is 28.4 Å².